The van der Waals surface area contributed by atoms with Crippen LogP contribution >= 0.6 is 0 Å². The van der Waals surface area contributed by atoms with Crippen molar-refractivity contribution in [3.8, 4) is 0 Å². The van der Waals surface area contributed by atoms with E-state index in [9.17, 15) is 14.0 Å². The number of Topliss-reactive ketones (excluding diaryl/α,β-unsaturated/α-hetero) is 1. The molecule has 4 heteroatoms. The summed E-state index contributed by atoms with van der Waals surface area (Å²) in [5, 5.41) is 0. The van der Waals surface area contributed by atoms with Gasteiger partial charge in [0.1, 0.15) is 5.82 Å². The number of hydrogen-bond acceptors (Lipinski definition) is 2. The lowest BCUT2D eigenvalue weighted by Crippen LogP contribution is -2.43. The first-order valence-electron chi connectivity index (χ1n) is 6.79. The van der Waals surface area contributed by atoms with Crippen LogP contribution in [0.25, 0.3) is 0 Å². The fourth-order valence-electron chi connectivity index (χ4n) is 2.67. The molecule has 0 aliphatic carbocycles. The highest BCUT2D eigenvalue weighted by Gasteiger charge is 2.32. The first kappa shape index (κ1) is 13.5. The van der Waals surface area contributed by atoms with Crippen molar-refractivity contribution in [3.63, 3.8) is 0 Å². The summed E-state index contributed by atoms with van der Waals surface area (Å²) in [4.78, 5) is 26.4. The van der Waals surface area contributed by atoms with Crippen LogP contribution in [0.5, 0.6) is 0 Å². The van der Waals surface area contributed by atoms with Gasteiger partial charge >= 0.3 is 0 Å². The van der Waals surface area contributed by atoms with Crippen molar-refractivity contribution >= 4 is 17.4 Å². The zero-order valence-electron chi connectivity index (χ0n) is 11.5. The van der Waals surface area contributed by atoms with E-state index in [2.05, 4.69) is 0 Å². The number of hydrogen-bond donors (Lipinski definition) is 0. The van der Waals surface area contributed by atoms with Crippen molar-refractivity contribution in [1.29, 1.82) is 0 Å². The van der Waals surface area contributed by atoms with Crippen LogP contribution in [-0.2, 0) is 0 Å². The molecular weight excluding hydrogens is 269 g/mol. The third kappa shape index (κ3) is 2.33. The number of rotatable bonds is 1. The summed E-state index contributed by atoms with van der Waals surface area (Å²) in [6, 6.07) is 12.3. The molecule has 2 aromatic carbocycles. The van der Waals surface area contributed by atoms with E-state index in [1.54, 1.807) is 29.2 Å². The quantitative estimate of drug-likeness (QED) is 0.804. The number of carbonyl (C=O) groups is 2. The van der Waals surface area contributed by atoms with Crippen LogP contribution in [0, 0.1) is 5.82 Å². The van der Waals surface area contributed by atoms with Gasteiger partial charge < -0.3 is 4.90 Å². The molecule has 1 amide bonds. The number of benzene rings is 2. The van der Waals surface area contributed by atoms with Crippen LogP contribution in [0.1, 0.15) is 34.1 Å². The minimum Gasteiger partial charge on any atom is -0.304 e. The van der Waals surface area contributed by atoms with E-state index in [-0.39, 0.29) is 23.5 Å². The Morgan fingerprint density at radius 2 is 1.81 bits per heavy atom. The van der Waals surface area contributed by atoms with E-state index in [4.69, 9.17) is 0 Å². The lowest BCUT2D eigenvalue weighted by Gasteiger charge is -2.34. The highest BCUT2D eigenvalue weighted by molar-refractivity contribution is 6.13. The maximum atomic E-state index is 13.0. The average molecular weight is 283 g/mol. The van der Waals surface area contributed by atoms with E-state index in [1.165, 1.54) is 24.3 Å². The monoisotopic (exact) mass is 283 g/mol. The fraction of sp³-hybridized carbons (Fsp3) is 0.176. The van der Waals surface area contributed by atoms with Gasteiger partial charge in [-0.3, -0.25) is 9.59 Å². The Balaban J connectivity index is 2.05. The third-order valence-electron chi connectivity index (χ3n) is 3.70. The second kappa shape index (κ2) is 5.13. The Kier molecular flexibility index (Phi) is 3.29. The van der Waals surface area contributed by atoms with Gasteiger partial charge in [-0.15, -0.1) is 0 Å². The first-order valence-corrected chi connectivity index (χ1v) is 6.79. The molecule has 0 aromatic heterocycles. The molecular formula is C17H14FNO2. The summed E-state index contributed by atoms with van der Waals surface area (Å²) in [5.74, 6) is -0.558. The standard InChI is InChI=1S/C17H14FNO2/c1-11-10-16(20)14-4-2-3-5-15(14)19(11)17(21)12-6-8-13(18)9-7-12/h2-9,11H,10H2,1H3. The van der Waals surface area contributed by atoms with Gasteiger partial charge in [0.05, 0.1) is 5.69 Å². The summed E-state index contributed by atoms with van der Waals surface area (Å²) in [6.45, 7) is 1.84. The van der Waals surface area contributed by atoms with Gasteiger partial charge in [-0.05, 0) is 43.3 Å². The van der Waals surface area contributed by atoms with Gasteiger partial charge in [-0.25, -0.2) is 4.39 Å². The van der Waals surface area contributed by atoms with Crippen molar-refractivity contribution in [2.24, 2.45) is 0 Å². The van der Waals surface area contributed by atoms with Gasteiger partial charge in [-0.2, -0.15) is 0 Å². The second-order valence-electron chi connectivity index (χ2n) is 5.18. The maximum Gasteiger partial charge on any atom is 0.258 e. The number of para-hydroxylation sites is 1. The molecule has 0 bridgehead atoms. The molecule has 0 saturated carbocycles. The summed E-state index contributed by atoms with van der Waals surface area (Å²) < 4.78 is 13.0. The molecule has 1 atom stereocenters. The van der Waals surface area contributed by atoms with Crippen LogP contribution in [-0.4, -0.2) is 17.7 Å². The van der Waals surface area contributed by atoms with Gasteiger partial charge in [0.25, 0.3) is 5.91 Å². The third-order valence-corrected chi connectivity index (χ3v) is 3.70. The SMILES string of the molecule is CC1CC(=O)c2ccccc2N1C(=O)c1ccc(F)cc1. The van der Waals surface area contributed by atoms with E-state index in [1.807, 2.05) is 6.92 Å². The highest BCUT2D eigenvalue weighted by atomic mass is 19.1. The maximum absolute atomic E-state index is 13.0. The van der Waals surface area contributed by atoms with Gasteiger partial charge in [-0.1, -0.05) is 12.1 Å². The molecule has 0 fully saturated rings. The molecule has 3 nitrogen and oxygen atoms in total. The lowest BCUT2D eigenvalue weighted by atomic mass is 9.94. The second-order valence-corrected chi connectivity index (χ2v) is 5.18. The van der Waals surface area contributed by atoms with Crippen LogP contribution in [0.15, 0.2) is 48.5 Å². The number of amides is 1. The predicted octanol–water partition coefficient (Wildman–Crippen LogP) is 3.45. The normalized spacial score (nSPS) is 17.5. The zero-order chi connectivity index (χ0) is 15.0. The Morgan fingerprint density at radius 1 is 1.14 bits per heavy atom. The molecule has 21 heavy (non-hydrogen) atoms. The summed E-state index contributed by atoms with van der Waals surface area (Å²) in [5.41, 5.74) is 1.59. The topological polar surface area (TPSA) is 37.4 Å². The van der Waals surface area contributed by atoms with Crippen LogP contribution in [0.2, 0.25) is 0 Å². The zero-order valence-corrected chi connectivity index (χ0v) is 11.5. The van der Waals surface area contributed by atoms with E-state index in [0.717, 1.165) is 0 Å². The molecule has 3 rings (SSSR count). The van der Waals surface area contributed by atoms with Crippen molar-refractivity contribution < 1.29 is 14.0 Å². The number of anilines is 1. The molecule has 1 aliphatic heterocycles. The van der Waals surface area contributed by atoms with Crippen LogP contribution in [0.3, 0.4) is 0 Å². The number of halogens is 1. The Bertz CT molecular complexity index is 709. The largest absolute Gasteiger partial charge is 0.304 e. The molecule has 0 spiro atoms. The molecule has 2 aromatic rings. The smallest absolute Gasteiger partial charge is 0.258 e. The van der Waals surface area contributed by atoms with Crippen LogP contribution < -0.4 is 4.90 Å². The summed E-state index contributed by atoms with van der Waals surface area (Å²) in [7, 11) is 0. The summed E-state index contributed by atoms with van der Waals surface area (Å²) >= 11 is 0. The number of fused-ring (bicyclic) bond motifs is 1. The minimum absolute atomic E-state index is 0.0428. The van der Waals surface area contributed by atoms with Crippen molar-refractivity contribution in [2.75, 3.05) is 4.90 Å². The lowest BCUT2D eigenvalue weighted by molar-refractivity contribution is 0.0936. The number of nitrogens with zero attached hydrogens (tertiary/aromatic N) is 1. The molecule has 106 valence electrons. The molecule has 1 heterocycles. The first-order chi connectivity index (χ1) is 10.1. The number of ketones is 1. The predicted molar refractivity (Wildman–Crippen MR) is 78.1 cm³/mol. The molecule has 0 radical (unpaired) electrons. The van der Waals surface area contributed by atoms with Crippen molar-refractivity contribution in [1.82, 2.24) is 0 Å². The van der Waals surface area contributed by atoms with E-state index >= 15 is 0 Å². The number of carbonyl (C=O) groups excluding carboxylic acids is 2. The van der Waals surface area contributed by atoms with Gasteiger partial charge in [0.2, 0.25) is 0 Å². The summed E-state index contributed by atoms with van der Waals surface area (Å²) in [6.07, 6.45) is 0.296. The molecule has 1 unspecified atom stereocenters. The average Bonchev–Trinajstić information content (AvgIpc) is 2.48. The Labute approximate surface area is 122 Å². The minimum atomic E-state index is -0.381. The van der Waals surface area contributed by atoms with Crippen molar-refractivity contribution in [2.45, 2.75) is 19.4 Å². The molecule has 0 saturated heterocycles. The van der Waals surface area contributed by atoms with Crippen molar-refractivity contribution in [3.05, 3.63) is 65.5 Å². The van der Waals surface area contributed by atoms with E-state index < -0.39 is 0 Å². The Morgan fingerprint density at radius 3 is 2.52 bits per heavy atom. The van der Waals surface area contributed by atoms with E-state index in [0.29, 0.717) is 23.2 Å². The molecule has 0 N–H and O–H groups in total. The van der Waals surface area contributed by atoms with Crippen LogP contribution in [0.4, 0.5) is 10.1 Å². The fourth-order valence-corrected chi connectivity index (χ4v) is 2.67. The van der Waals surface area contributed by atoms with Gasteiger partial charge in [0.15, 0.2) is 5.78 Å². The Hall–Kier alpha value is -2.49. The highest BCUT2D eigenvalue weighted by Crippen LogP contribution is 2.31. The molecule has 1 aliphatic rings. The van der Waals surface area contributed by atoms with Gasteiger partial charge in [0, 0.05) is 23.6 Å².